The third-order valence-corrected chi connectivity index (χ3v) is 7.67. The molecular formula is C29H34Cl2N2O2. The monoisotopic (exact) mass is 512 g/mol. The van der Waals surface area contributed by atoms with Gasteiger partial charge < -0.3 is 9.64 Å². The number of likely N-dealkylation sites (tertiary alicyclic amines) is 1. The summed E-state index contributed by atoms with van der Waals surface area (Å²) in [5.74, 6) is 0.748. The highest BCUT2D eigenvalue weighted by atomic mass is 35.5. The Labute approximate surface area is 219 Å². The number of carbonyl (C=O) groups excluding carboxylic acids is 1. The van der Waals surface area contributed by atoms with Crippen molar-refractivity contribution in [1.29, 1.82) is 0 Å². The van der Waals surface area contributed by atoms with E-state index in [4.69, 9.17) is 32.9 Å². The van der Waals surface area contributed by atoms with Crippen molar-refractivity contribution in [3.05, 3.63) is 82.4 Å². The number of amides is 1. The van der Waals surface area contributed by atoms with E-state index < -0.39 is 5.41 Å². The van der Waals surface area contributed by atoms with Crippen molar-refractivity contribution >= 4 is 35.0 Å². The van der Waals surface area contributed by atoms with Crippen molar-refractivity contribution < 1.29 is 9.53 Å². The average molecular weight is 514 g/mol. The smallest absolute Gasteiger partial charge is 0.230 e. The molecule has 186 valence electrons. The van der Waals surface area contributed by atoms with E-state index in [0.717, 1.165) is 11.1 Å². The Morgan fingerprint density at radius 1 is 1.14 bits per heavy atom. The minimum Gasteiger partial charge on any atom is -0.477 e. The second-order valence-corrected chi connectivity index (χ2v) is 11.5. The summed E-state index contributed by atoms with van der Waals surface area (Å²) in [5, 5.41) is 1.35. The lowest BCUT2D eigenvalue weighted by Gasteiger charge is -2.51. The first kappa shape index (κ1) is 25.8. The van der Waals surface area contributed by atoms with Crippen LogP contribution in [0.1, 0.15) is 70.0 Å². The molecule has 0 saturated carbocycles. The zero-order valence-electron chi connectivity index (χ0n) is 20.9. The lowest BCUT2D eigenvalue weighted by atomic mass is 9.67. The van der Waals surface area contributed by atoms with Crippen molar-refractivity contribution in [2.75, 3.05) is 6.61 Å². The van der Waals surface area contributed by atoms with Gasteiger partial charge in [-0.15, -0.1) is 6.58 Å². The number of piperidine rings is 1. The molecule has 0 bridgehead atoms. The summed E-state index contributed by atoms with van der Waals surface area (Å²) in [5.41, 5.74) is 1.22. The number of ether oxygens (including phenoxy) is 1. The summed E-state index contributed by atoms with van der Waals surface area (Å²) in [6.07, 6.45) is 3.80. The molecule has 0 N–H and O–H groups in total. The minimum absolute atomic E-state index is 0.0154. The summed E-state index contributed by atoms with van der Waals surface area (Å²) in [6, 6.07) is 15.3. The maximum absolute atomic E-state index is 14.4. The van der Waals surface area contributed by atoms with E-state index in [-0.39, 0.29) is 29.4 Å². The maximum Gasteiger partial charge on any atom is 0.230 e. The highest BCUT2D eigenvalue weighted by Gasteiger charge is 2.52. The lowest BCUT2D eigenvalue weighted by molar-refractivity contribution is -0.153. The fourth-order valence-corrected chi connectivity index (χ4v) is 5.83. The van der Waals surface area contributed by atoms with Gasteiger partial charge in [0, 0.05) is 16.0 Å². The molecule has 0 spiro atoms. The largest absolute Gasteiger partial charge is 0.477 e. The minimum atomic E-state index is -0.611. The molecule has 1 amide bonds. The second kappa shape index (κ2) is 9.99. The van der Waals surface area contributed by atoms with Crippen LogP contribution in [-0.2, 0) is 9.53 Å². The molecule has 2 heterocycles. The molecule has 0 radical (unpaired) electrons. The van der Waals surface area contributed by atoms with E-state index in [1.165, 1.54) is 0 Å². The fourth-order valence-electron chi connectivity index (χ4n) is 5.51. The molecule has 6 heteroatoms. The SMILES string of the molecule is C=CC[C@@]1(C)C[C@H](c2cccc(Cl)c2)[C@@H](c2ccc(Cl)cc2)N([C@H](CC)C2=NC(C)(C)CO2)C1=O. The van der Waals surface area contributed by atoms with Crippen LogP contribution in [0, 0.1) is 5.41 Å². The Balaban J connectivity index is 1.92. The molecule has 2 aromatic carbocycles. The third-order valence-electron chi connectivity index (χ3n) is 7.18. The van der Waals surface area contributed by atoms with Crippen LogP contribution < -0.4 is 0 Å². The van der Waals surface area contributed by atoms with Gasteiger partial charge >= 0.3 is 0 Å². The van der Waals surface area contributed by atoms with Crippen molar-refractivity contribution in [2.24, 2.45) is 10.4 Å². The van der Waals surface area contributed by atoms with Crippen LogP contribution in [0.15, 0.2) is 66.2 Å². The van der Waals surface area contributed by atoms with E-state index in [2.05, 4.69) is 33.4 Å². The maximum atomic E-state index is 14.4. The molecule has 1 saturated heterocycles. The first-order valence-corrected chi connectivity index (χ1v) is 13.0. The normalized spacial score (nSPS) is 26.7. The van der Waals surface area contributed by atoms with E-state index in [1.807, 2.05) is 60.4 Å². The number of halogens is 2. The van der Waals surface area contributed by atoms with E-state index in [1.54, 1.807) is 0 Å². The summed E-state index contributed by atoms with van der Waals surface area (Å²) in [7, 11) is 0. The van der Waals surface area contributed by atoms with Crippen LogP contribution in [0.5, 0.6) is 0 Å². The van der Waals surface area contributed by atoms with Gasteiger partial charge in [0.2, 0.25) is 11.8 Å². The Morgan fingerprint density at radius 2 is 1.86 bits per heavy atom. The quantitative estimate of drug-likeness (QED) is 0.358. The van der Waals surface area contributed by atoms with Crippen LogP contribution in [-0.4, -0.2) is 34.9 Å². The molecule has 1 fully saturated rings. The molecular weight excluding hydrogens is 479 g/mol. The van der Waals surface area contributed by atoms with Crippen LogP contribution >= 0.6 is 23.2 Å². The Morgan fingerprint density at radius 3 is 2.43 bits per heavy atom. The summed E-state index contributed by atoms with van der Waals surface area (Å²) >= 11 is 12.7. The number of aliphatic imine (C=N–C) groups is 1. The second-order valence-electron chi connectivity index (χ2n) is 10.6. The zero-order valence-corrected chi connectivity index (χ0v) is 22.4. The third kappa shape index (κ3) is 5.15. The zero-order chi connectivity index (χ0) is 25.4. The summed E-state index contributed by atoms with van der Waals surface area (Å²) in [6.45, 7) is 12.7. The number of hydrogen-bond acceptors (Lipinski definition) is 3. The number of nitrogens with zero attached hydrogens (tertiary/aromatic N) is 2. The number of allylic oxidation sites excluding steroid dienone is 1. The topological polar surface area (TPSA) is 41.9 Å². The van der Waals surface area contributed by atoms with Crippen LogP contribution in [0.4, 0.5) is 0 Å². The lowest BCUT2D eigenvalue weighted by Crippen LogP contribution is -2.57. The van der Waals surface area contributed by atoms with Crippen LogP contribution in [0.25, 0.3) is 0 Å². The van der Waals surface area contributed by atoms with Gasteiger partial charge in [0.1, 0.15) is 12.6 Å². The van der Waals surface area contributed by atoms with Gasteiger partial charge in [-0.05, 0) is 68.5 Å². The number of hydrogen-bond donors (Lipinski definition) is 0. The summed E-state index contributed by atoms with van der Waals surface area (Å²) < 4.78 is 6.11. The molecule has 35 heavy (non-hydrogen) atoms. The Bertz CT molecular complexity index is 1130. The molecule has 4 rings (SSSR count). The number of rotatable bonds is 7. The fraction of sp³-hybridized carbons (Fsp3) is 0.448. The van der Waals surface area contributed by atoms with Gasteiger partial charge in [0.25, 0.3) is 0 Å². The first-order valence-electron chi connectivity index (χ1n) is 12.3. The van der Waals surface area contributed by atoms with Gasteiger partial charge in [0.15, 0.2) is 0 Å². The van der Waals surface area contributed by atoms with Gasteiger partial charge in [-0.2, -0.15) is 0 Å². The van der Waals surface area contributed by atoms with E-state index >= 15 is 0 Å². The molecule has 4 atom stereocenters. The molecule has 0 aliphatic carbocycles. The van der Waals surface area contributed by atoms with Crippen LogP contribution in [0.3, 0.4) is 0 Å². The van der Waals surface area contributed by atoms with Crippen molar-refractivity contribution in [3.8, 4) is 0 Å². The van der Waals surface area contributed by atoms with Crippen molar-refractivity contribution in [1.82, 2.24) is 4.90 Å². The molecule has 2 aliphatic heterocycles. The summed E-state index contributed by atoms with van der Waals surface area (Å²) in [4.78, 5) is 21.3. The number of benzene rings is 2. The molecule has 2 aliphatic rings. The van der Waals surface area contributed by atoms with Gasteiger partial charge in [0.05, 0.1) is 17.0 Å². The number of carbonyl (C=O) groups is 1. The molecule has 0 aromatic heterocycles. The average Bonchev–Trinajstić information content (AvgIpc) is 3.17. The van der Waals surface area contributed by atoms with Crippen molar-refractivity contribution in [2.45, 2.75) is 70.5 Å². The highest BCUT2D eigenvalue weighted by molar-refractivity contribution is 6.30. The Hall–Kier alpha value is -2.30. The van der Waals surface area contributed by atoms with Gasteiger partial charge in [-0.1, -0.05) is 67.4 Å². The predicted octanol–water partition coefficient (Wildman–Crippen LogP) is 7.62. The molecule has 4 nitrogen and oxygen atoms in total. The Kier molecular flexibility index (Phi) is 7.36. The molecule has 0 unspecified atom stereocenters. The predicted molar refractivity (Wildman–Crippen MR) is 144 cm³/mol. The van der Waals surface area contributed by atoms with Crippen molar-refractivity contribution in [3.63, 3.8) is 0 Å². The van der Waals surface area contributed by atoms with E-state index in [9.17, 15) is 4.79 Å². The van der Waals surface area contributed by atoms with E-state index in [0.29, 0.717) is 41.8 Å². The standard InChI is InChI=1S/C29H34Cl2N2O2/c1-6-15-29(5)17-23(20-9-8-10-22(31)16-20)25(19-11-13-21(30)14-12-19)33(27(29)34)24(7-2)26-32-28(3,4)18-35-26/h6,8-14,16,23-25H,1,7,15,17-18H2,2-5H3/t23-,24-,25-,29+/m1/s1. The molecule has 2 aromatic rings. The highest BCUT2D eigenvalue weighted by Crippen LogP contribution is 2.52. The van der Waals surface area contributed by atoms with Crippen LogP contribution in [0.2, 0.25) is 10.0 Å². The first-order chi connectivity index (χ1) is 16.6. The van der Waals surface area contributed by atoms with Gasteiger partial charge in [-0.3, -0.25) is 4.79 Å². The van der Waals surface area contributed by atoms with Gasteiger partial charge in [-0.25, -0.2) is 4.99 Å².